The quantitative estimate of drug-likeness (QED) is 0.254. The fraction of sp³-hybridized carbons (Fsp3) is 0.381. The Labute approximate surface area is 164 Å². The molecular formula is C21H25NO4S. The molecule has 6 heteroatoms. The van der Waals surface area contributed by atoms with Gasteiger partial charge in [0.15, 0.2) is 0 Å². The van der Waals surface area contributed by atoms with E-state index in [0.717, 1.165) is 12.8 Å². The van der Waals surface area contributed by atoms with E-state index in [2.05, 4.69) is 19.1 Å². The van der Waals surface area contributed by atoms with Crippen molar-refractivity contribution in [3.63, 3.8) is 0 Å². The number of carbonyl (C=O) groups is 1. The van der Waals surface area contributed by atoms with E-state index in [-0.39, 0.29) is 16.6 Å². The Kier molecular flexibility index (Phi) is 7.85. The van der Waals surface area contributed by atoms with Crippen LogP contribution in [0, 0.1) is 24.0 Å². The average molecular weight is 388 g/mol. The molecule has 2 rings (SSSR count). The van der Waals surface area contributed by atoms with Crippen molar-refractivity contribution < 1.29 is 14.5 Å². The minimum Gasteiger partial charge on any atom is -0.465 e. The normalized spacial score (nSPS) is 11.8. The molecule has 0 bridgehead atoms. The number of esters is 1. The van der Waals surface area contributed by atoms with Crippen molar-refractivity contribution >= 4 is 23.4 Å². The Balaban J connectivity index is 2.13. The standard InChI is InChI=1S/C21H25NO4S/c1-4-26-21(23)19(14-8-12-17-11-6-5-9-15(17)2)27-18-13-7-10-16(3)20(18)22(24)25/h5-7,9-11,13,19H,4,8,12,14H2,1-3H3/t19-/m0/s1. The molecule has 0 aromatic heterocycles. The Hall–Kier alpha value is -2.34. The lowest BCUT2D eigenvalue weighted by atomic mass is 10.0. The average Bonchev–Trinajstić information content (AvgIpc) is 2.62. The van der Waals surface area contributed by atoms with Crippen LogP contribution in [0.25, 0.3) is 0 Å². The monoisotopic (exact) mass is 387 g/mol. The van der Waals surface area contributed by atoms with Crippen LogP contribution >= 0.6 is 11.8 Å². The first-order chi connectivity index (χ1) is 12.9. The molecular weight excluding hydrogens is 362 g/mol. The van der Waals surface area contributed by atoms with Crippen molar-refractivity contribution in [2.24, 2.45) is 0 Å². The summed E-state index contributed by atoms with van der Waals surface area (Å²) < 4.78 is 5.20. The summed E-state index contributed by atoms with van der Waals surface area (Å²) >= 11 is 1.23. The smallest absolute Gasteiger partial charge is 0.319 e. The maximum atomic E-state index is 12.4. The lowest BCUT2D eigenvalue weighted by molar-refractivity contribution is -0.388. The second-order valence-corrected chi connectivity index (χ2v) is 7.60. The highest BCUT2D eigenvalue weighted by Gasteiger charge is 2.26. The second-order valence-electron chi connectivity index (χ2n) is 6.36. The van der Waals surface area contributed by atoms with Crippen molar-refractivity contribution in [3.05, 3.63) is 69.3 Å². The molecule has 0 saturated heterocycles. The zero-order chi connectivity index (χ0) is 19.8. The number of rotatable bonds is 9. The van der Waals surface area contributed by atoms with E-state index in [1.54, 1.807) is 32.0 Å². The van der Waals surface area contributed by atoms with Gasteiger partial charge in [-0.2, -0.15) is 0 Å². The Morgan fingerprint density at radius 2 is 1.85 bits per heavy atom. The first kappa shape index (κ1) is 21.0. The number of ether oxygens (including phenoxy) is 1. The second kappa shape index (κ2) is 10.1. The molecule has 0 unspecified atom stereocenters. The van der Waals surface area contributed by atoms with Crippen molar-refractivity contribution in [1.82, 2.24) is 0 Å². The van der Waals surface area contributed by atoms with Crippen molar-refractivity contribution in [2.45, 2.75) is 50.2 Å². The van der Waals surface area contributed by atoms with E-state index < -0.39 is 5.25 Å². The number of hydrogen-bond acceptors (Lipinski definition) is 5. The molecule has 27 heavy (non-hydrogen) atoms. The highest BCUT2D eigenvalue weighted by atomic mass is 32.2. The highest BCUT2D eigenvalue weighted by Crippen LogP contribution is 2.36. The van der Waals surface area contributed by atoms with E-state index in [0.29, 0.717) is 23.5 Å². The van der Waals surface area contributed by atoms with Gasteiger partial charge in [-0.05, 0) is 57.2 Å². The molecule has 1 atom stereocenters. The topological polar surface area (TPSA) is 69.4 Å². The van der Waals surface area contributed by atoms with Crippen LogP contribution in [0.2, 0.25) is 0 Å². The Morgan fingerprint density at radius 3 is 2.52 bits per heavy atom. The van der Waals surface area contributed by atoms with Gasteiger partial charge in [-0.1, -0.05) is 36.4 Å². The van der Waals surface area contributed by atoms with Gasteiger partial charge in [-0.15, -0.1) is 11.8 Å². The van der Waals surface area contributed by atoms with Gasteiger partial charge in [0, 0.05) is 5.56 Å². The number of nitro benzene ring substituents is 1. The molecule has 0 amide bonds. The van der Waals surface area contributed by atoms with Gasteiger partial charge in [0.2, 0.25) is 0 Å². The number of benzene rings is 2. The minimum absolute atomic E-state index is 0.0655. The summed E-state index contributed by atoms with van der Waals surface area (Å²) in [6, 6.07) is 13.4. The van der Waals surface area contributed by atoms with Crippen LogP contribution in [0.15, 0.2) is 47.4 Å². The fourth-order valence-corrected chi connectivity index (χ4v) is 4.20. The summed E-state index contributed by atoms with van der Waals surface area (Å²) in [6.45, 7) is 5.84. The van der Waals surface area contributed by atoms with Crippen LogP contribution in [0.1, 0.15) is 36.5 Å². The van der Waals surface area contributed by atoms with Crippen LogP contribution in [-0.2, 0) is 16.0 Å². The van der Waals surface area contributed by atoms with Gasteiger partial charge in [0.05, 0.1) is 16.4 Å². The summed E-state index contributed by atoms with van der Waals surface area (Å²) in [6.07, 6.45) is 2.27. The molecule has 0 radical (unpaired) electrons. The highest BCUT2D eigenvalue weighted by molar-refractivity contribution is 8.00. The van der Waals surface area contributed by atoms with Gasteiger partial charge in [0.1, 0.15) is 5.25 Å². The Bertz CT molecular complexity index is 807. The van der Waals surface area contributed by atoms with E-state index in [4.69, 9.17) is 4.74 Å². The number of aryl methyl sites for hydroxylation is 3. The van der Waals surface area contributed by atoms with E-state index in [1.807, 2.05) is 12.1 Å². The molecule has 0 fully saturated rings. The van der Waals surface area contributed by atoms with Gasteiger partial charge in [-0.3, -0.25) is 14.9 Å². The Morgan fingerprint density at radius 1 is 1.15 bits per heavy atom. The van der Waals surface area contributed by atoms with Gasteiger partial charge < -0.3 is 4.74 Å². The maximum absolute atomic E-state index is 12.4. The van der Waals surface area contributed by atoms with Crippen LogP contribution in [0.4, 0.5) is 5.69 Å². The lowest BCUT2D eigenvalue weighted by Crippen LogP contribution is -2.20. The first-order valence-electron chi connectivity index (χ1n) is 9.05. The number of carbonyl (C=O) groups excluding carboxylic acids is 1. The van der Waals surface area contributed by atoms with Gasteiger partial charge >= 0.3 is 5.97 Å². The lowest BCUT2D eigenvalue weighted by Gasteiger charge is -2.16. The summed E-state index contributed by atoms with van der Waals surface area (Å²) in [5.41, 5.74) is 3.14. The van der Waals surface area contributed by atoms with Crippen molar-refractivity contribution in [1.29, 1.82) is 0 Å². The number of hydrogen-bond donors (Lipinski definition) is 0. The van der Waals surface area contributed by atoms with E-state index in [1.165, 1.54) is 22.9 Å². The number of nitrogens with zero attached hydrogens (tertiary/aromatic N) is 1. The summed E-state index contributed by atoms with van der Waals surface area (Å²) in [5, 5.41) is 11.0. The third-order valence-electron chi connectivity index (χ3n) is 4.38. The SMILES string of the molecule is CCOC(=O)[C@H](CCCc1ccccc1C)Sc1cccc(C)c1[N+](=O)[O-]. The summed E-state index contributed by atoms with van der Waals surface area (Å²) in [5.74, 6) is -0.317. The largest absolute Gasteiger partial charge is 0.465 e. The molecule has 2 aromatic rings. The zero-order valence-corrected chi connectivity index (χ0v) is 16.8. The van der Waals surface area contributed by atoms with Crippen molar-refractivity contribution in [2.75, 3.05) is 6.61 Å². The number of nitro groups is 1. The molecule has 0 aliphatic rings. The predicted molar refractivity (Wildman–Crippen MR) is 108 cm³/mol. The van der Waals surface area contributed by atoms with Gasteiger partial charge in [-0.25, -0.2) is 0 Å². The minimum atomic E-state index is -0.463. The summed E-state index contributed by atoms with van der Waals surface area (Å²) in [4.78, 5) is 24.0. The molecule has 0 N–H and O–H groups in total. The molecule has 144 valence electrons. The number of para-hydroxylation sites is 1. The third kappa shape index (κ3) is 5.82. The van der Waals surface area contributed by atoms with Crippen molar-refractivity contribution in [3.8, 4) is 0 Å². The molecule has 0 saturated carbocycles. The molecule has 0 spiro atoms. The van der Waals surface area contributed by atoms with Crippen LogP contribution in [0.5, 0.6) is 0 Å². The first-order valence-corrected chi connectivity index (χ1v) is 9.93. The van der Waals surface area contributed by atoms with E-state index >= 15 is 0 Å². The maximum Gasteiger partial charge on any atom is 0.319 e. The predicted octanol–water partition coefficient (Wildman–Crippen LogP) is 5.26. The van der Waals surface area contributed by atoms with Crippen LogP contribution in [0.3, 0.4) is 0 Å². The van der Waals surface area contributed by atoms with Gasteiger partial charge in [0.25, 0.3) is 5.69 Å². The molecule has 5 nitrogen and oxygen atoms in total. The summed E-state index contributed by atoms with van der Waals surface area (Å²) in [7, 11) is 0. The van der Waals surface area contributed by atoms with Crippen LogP contribution in [-0.4, -0.2) is 22.7 Å². The van der Waals surface area contributed by atoms with E-state index in [9.17, 15) is 14.9 Å². The molecule has 0 aliphatic carbocycles. The molecule has 2 aromatic carbocycles. The number of thioether (sulfide) groups is 1. The van der Waals surface area contributed by atoms with Crippen LogP contribution < -0.4 is 0 Å². The molecule has 0 aliphatic heterocycles. The molecule has 0 heterocycles. The zero-order valence-electron chi connectivity index (χ0n) is 15.9. The fourth-order valence-electron chi connectivity index (χ4n) is 2.94. The third-order valence-corrected chi connectivity index (χ3v) is 5.67.